The second kappa shape index (κ2) is 6.40. The van der Waals surface area contributed by atoms with Crippen LogP contribution in [0.5, 0.6) is 0 Å². The van der Waals surface area contributed by atoms with Crippen molar-refractivity contribution in [1.29, 1.82) is 0 Å². The van der Waals surface area contributed by atoms with E-state index in [4.69, 9.17) is 4.42 Å². The fourth-order valence-corrected chi connectivity index (χ4v) is 2.26. The maximum absolute atomic E-state index is 11.6. The Morgan fingerprint density at radius 3 is 3.06 bits per heavy atom. The minimum absolute atomic E-state index is 0.149. The van der Waals surface area contributed by atoms with E-state index in [1.807, 2.05) is 0 Å². The average molecular weight is 249 g/mol. The molecule has 1 saturated carbocycles. The third-order valence-electron chi connectivity index (χ3n) is 3.35. The average Bonchev–Trinajstić information content (AvgIpc) is 2.88. The molecule has 1 amide bonds. The van der Waals surface area contributed by atoms with Gasteiger partial charge >= 0.3 is 0 Å². The first-order chi connectivity index (χ1) is 8.75. The smallest absolute Gasteiger partial charge is 0.244 e. The molecule has 1 aliphatic rings. The Balaban J connectivity index is 1.74. The van der Waals surface area contributed by atoms with Crippen molar-refractivity contribution in [3.63, 3.8) is 0 Å². The topological polar surface area (TPSA) is 62.5 Å². The Morgan fingerprint density at radius 2 is 2.33 bits per heavy atom. The molecule has 0 aliphatic heterocycles. The fraction of sp³-hybridized carbons (Fsp3) is 0.500. The third kappa shape index (κ3) is 3.74. The van der Waals surface area contributed by atoms with Gasteiger partial charge in [-0.15, -0.1) is 0 Å². The number of aliphatic hydroxyl groups excluding tert-OH is 1. The first kappa shape index (κ1) is 12.9. The normalized spacial score (nSPS) is 24.3. The first-order valence-corrected chi connectivity index (χ1v) is 6.43. The summed E-state index contributed by atoms with van der Waals surface area (Å²) in [6.45, 7) is 0.544. The van der Waals surface area contributed by atoms with Gasteiger partial charge in [-0.2, -0.15) is 0 Å². The van der Waals surface area contributed by atoms with Crippen molar-refractivity contribution >= 4 is 12.0 Å². The van der Waals surface area contributed by atoms with E-state index in [1.165, 1.54) is 6.08 Å². The molecule has 0 saturated heterocycles. The highest BCUT2D eigenvalue weighted by molar-refractivity contribution is 5.91. The Morgan fingerprint density at radius 1 is 1.50 bits per heavy atom. The maximum atomic E-state index is 11.6. The number of aliphatic hydroxyl groups is 1. The molecule has 98 valence electrons. The van der Waals surface area contributed by atoms with E-state index >= 15 is 0 Å². The number of furan rings is 1. The molecule has 2 atom stereocenters. The lowest BCUT2D eigenvalue weighted by molar-refractivity contribution is -0.116. The van der Waals surface area contributed by atoms with E-state index in [0.29, 0.717) is 12.3 Å². The van der Waals surface area contributed by atoms with Crippen LogP contribution in [0.1, 0.15) is 31.4 Å². The third-order valence-corrected chi connectivity index (χ3v) is 3.35. The van der Waals surface area contributed by atoms with Gasteiger partial charge in [-0.1, -0.05) is 12.8 Å². The van der Waals surface area contributed by atoms with Crippen LogP contribution < -0.4 is 5.32 Å². The Labute approximate surface area is 107 Å². The van der Waals surface area contributed by atoms with Crippen molar-refractivity contribution in [2.75, 3.05) is 6.54 Å². The lowest BCUT2D eigenvalue weighted by Crippen LogP contribution is -2.36. The van der Waals surface area contributed by atoms with Crippen LogP contribution in [-0.4, -0.2) is 23.7 Å². The van der Waals surface area contributed by atoms with Crippen molar-refractivity contribution in [2.24, 2.45) is 5.92 Å². The predicted octanol–water partition coefficient (Wildman–Crippen LogP) is 1.96. The van der Waals surface area contributed by atoms with Gasteiger partial charge in [0.2, 0.25) is 5.91 Å². The Hall–Kier alpha value is -1.55. The standard InChI is InChI=1S/C14H19NO3/c16-13-6-2-1-4-11(13)10-15-14(17)8-7-12-5-3-9-18-12/h3,5,7-9,11,13,16H,1-2,4,6,10H2,(H,15,17). The molecule has 1 fully saturated rings. The summed E-state index contributed by atoms with van der Waals surface area (Å²) in [7, 11) is 0. The van der Waals surface area contributed by atoms with Gasteiger partial charge in [0.25, 0.3) is 0 Å². The quantitative estimate of drug-likeness (QED) is 0.802. The van der Waals surface area contributed by atoms with E-state index in [0.717, 1.165) is 25.7 Å². The van der Waals surface area contributed by atoms with Crippen LogP contribution in [0.15, 0.2) is 28.9 Å². The summed E-state index contributed by atoms with van der Waals surface area (Å²) in [5, 5.41) is 12.6. The van der Waals surface area contributed by atoms with Gasteiger partial charge in [0.05, 0.1) is 12.4 Å². The number of hydrogen-bond donors (Lipinski definition) is 2. The van der Waals surface area contributed by atoms with Crippen LogP contribution in [0.25, 0.3) is 6.08 Å². The highest BCUT2D eigenvalue weighted by Gasteiger charge is 2.22. The molecule has 2 unspecified atom stereocenters. The maximum Gasteiger partial charge on any atom is 0.244 e. The van der Waals surface area contributed by atoms with Crippen molar-refractivity contribution in [1.82, 2.24) is 5.32 Å². The monoisotopic (exact) mass is 249 g/mol. The second-order valence-corrected chi connectivity index (χ2v) is 4.71. The van der Waals surface area contributed by atoms with Gasteiger partial charge in [0.15, 0.2) is 0 Å². The number of carbonyl (C=O) groups excluding carboxylic acids is 1. The Kier molecular flexibility index (Phi) is 4.59. The largest absolute Gasteiger partial charge is 0.465 e. The van der Waals surface area contributed by atoms with Gasteiger partial charge in [0, 0.05) is 18.5 Å². The number of carbonyl (C=O) groups is 1. The molecule has 1 aromatic rings. The molecule has 1 aromatic heterocycles. The predicted molar refractivity (Wildman–Crippen MR) is 68.7 cm³/mol. The molecule has 0 aromatic carbocycles. The summed E-state index contributed by atoms with van der Waals surface area (Å²) in [6, 6.07) is 3.56. The van der Waals surface area contributed by atoms with Crippen LogP contribution in [0.2, 0.25) is 0 Å². The summed E-state index contributed by atoms with van der Waals surface area (Å²) < 4.78 is 5.09. The minimum Gasteiger partial charge on any atom is -0.465 e. The van der Waals surface area contributed by atoms with E-state index in [9.17, 15) is 9.90 Å². The van der Waals surface area contributed by atoms with Gasteiger partial charge < -0.3 is 14.8 Å². The molecule has 4 nitrogen and oxygen atoms in total. The van der Waals surface area contributed by atoms with Crippen LogP contribution in [0, 0.1) is 5.92 Å². The second-order valence-electron chi connectivity index (χ2n) is 4.71. The zero-order chi connectivity index (χ0) is 12.8. The van der Waals surface area contributed by atoms with Crippen LogP contribution in [-0.2, 0) is 4.79 Å². The highest BCUT2D eigenvalue weighted by atomic mass is 16.3. The van der Waals surface area contributed by atoms with Crippen molar-refractivity contribution in [3.05, 3.63) is 30.2 Å². The van der Waals surface area contributed by atoms with Crippen LogP contribution in [0.3, 0.4) is 0 Å². The molecule has 1 heterocycles. The molecule has 1 aliphatic carbocycles. The van der Waals surface area contributed by atoms with Gasteiger partial charge in [-0.25, -0.2) is 0 Å². The molecular formula is C14H19NO3. The zero-order valence-electron chi connectivity index (χ0n) is 10.3. The van der Waals surface area contributed by atoms with Crippen LogP contribution in [0.4, 0.5) is 0 Å². The van der Waals surface area contributed by atoms with Gasteiger partial charge in [-0.05, 0) is 31.1 Å². The van der Waals surface area contributed by atoms with Crippen molar-refractivity contribution in [2.45, 2.75) is 31.8 Å². The number of hydrogen-bond acceptors (Lipinski definition) is 3. The lowest BCUT2D eigenvalue weighted by Gasteiger charge is -2.27. The van der Waals surface area contributed by atoms with Gasteiger partial charge in [-0.3, -0.25) is 4.79 Å². The molecule has 2 rings (SSSR count). The molecule has 0 bridgehead atoms. The number of nitrogens with one attached hydrogen (secondary N) is 1. The summed E-state index contributed by atoms with van der Waals surface area (Å²) in [4.78, 5) is 11.6. The summed E-state index contributed by atoms with van der Waals surface area (Å²) in [5.41, 5.74) is 0. The lowest BCUT2D eigenvalue weighted by atomic mass is 9.86. The van der Waals surface area contributed by atoms with Crippen molar-refractivity contribution in [3.8, 4) is 0 Å². The van der Waals surface area contributed by atoms with Crippen molar-refractivity contribution < 1.29 is 14.3 Å². The summed E-state index contributed by atoms with van der Waals surface area (Å²) >= 11 is 0. The highest BCUT2D eigenvalue weighted by Crippen LogP contribution is 2.23. The molecular weight excluding hydrogens is 230 g/mol. The molecule has 0 spiro atoms. The fourth-order valence-electron chi connectivity index (χ4n) is 2.26. The summed E-state index contributed by atoms with van der Waals surface area (Å²) in [5.74, 6) is 0.701. The van der Waals surface area contributed by atoms with E-state index in [2.05, 4.69) is 5.32 Å². The Bertz CT molecular complexity index is 397. The van der Waals surface area contributed by atoms with Gasteiger partial charge in [0.1, 0.15) is 5.76 Å². The minimum atomic E-state index is -0.270. The van der Waals surface area contributed by atoms with E-state index in [1.54, 1.807) is 24.5 Å². The SMILES string of the molecule is O=C(C=Cc1ccco1)NCC1CCCCC1O. The first-order valence-electron chi connectivity index (χ1n) is 6.43. The van der Waals surface area contributed by atoms with E-state index < -0.39 is 0 Å². The number of amides is 1. The molecule has 0 radical (unpaired) electrons. The van der Waals surface area contributed by atoms with E-state index in [-0.39, 0.29) is 17.9 Å². The number of rotatable bonds is 4. The molecule has 2 N–H and O–H groups in total. The molecule has 18 heavy (non-hydrogen) atoms. The zero-order valence-corrected chi connectivity index (χ0v) is 10.3. The summed E-state index contributed by atoms with van der Waals surface area (Å²) in [6.07, 6.45) is 8.44. The molecule has 4 heteroatoms. The van der Waals surface area contributed by atoms with Crippen LogP contribution >= 0.6 is 0 Å².